The zero-order valence-electron chi connectivity index (χ0n) is 7.28. The highest BCUT2D eigenvalue weighted by Gasteiger charge is 1.93. The van der Waals surface area contributed by atoms with Crippen molar-refractivity contribution in [2.24, 2.45) is 4.99 Å². The van der Waals surface area contributed by atoms with Crippen molar-refractivity contribution < 1.29 is 0 Å². The first kappa shape index (κ1) is 8.59. The van der Waals surface area contributed by atoms with Crippen molar-refractivity contribution in [1.82, 2.24) is 9.97 Å². The Hall–Kier alpha value is -1.51. The van der Waals surface area contributed by atoms with E-state index in [0.29, 0.717) is 0 Å². The quantitative estimate of drug-likeness (QED) is 0.623. The Kier molecular flexibility index (Phi) is 2.69. The fourth-order valence-electron chi connectivity index (χ4n) is 0.690. The first-order valence-electron chi connectivity index (χ1n) is 3.66. The second-order valence-electron chi connectivity index (χ2n) is 2.60. The Morgan fingerprint density at radius 1 is 1.67 bits per heavy atom. The molecule has 12 heavy (non-hydrogen) atoms. The van der Waals surface area contributed by atoms with Gasteiger partial charge in [0.15, 0.2) is 0 Å². The highest BCUT2D eigenvalue weighted by molar-refractivity contribution is 5.79. The zero-order valence-corrected chi connectivity index (χ0v) is 7.28. The monoisotopic (exact) mass is 161 g/mol. The van der Waals surface area contributed by atoms with Crippen molar-refractivity contribution in [2.45, 2.75) is 13.8 Å². The van der Waals surface area contributed by atoms with Gasteiger partial charge >= 0.3 is 0 Å². The van der Waals surface area contributed by atoms with Gasteiger partial charge in [-0.1, -0.05) is 6.58 Å². The van der Waals surface area contributed by atoms with Gasteiger partial charge in [-0.3, -0.25) is 4.99 Å². The number of allylic oxidation sites excluding steroid dienone is 1. The van der Waals surface area contributed by atoms with Crippen LogP contribution in [0.1, 0.15) is 12.6 Å². The highest BCUT2D eigenvalue weighted by Crippen LogP contribution is 2.12. The lowest BCUT2D eigenvalue weighted by Gasteiger charge is -1.95. The summed E-state index contributed by atoms with van der Waals surface area (Å²) in [4.78, 5) is 12.0. The van der Waals surface area contributed by atoms with E-state index in [9.17, 15) is 0 Å². The van der Waals surface area contributed by atoms with Crippen LogP contribution in [0.15, 0.2) is 29.7 Å². The number of aromatic nitrogens is 2. The molecule has 0 saturated carbocycles. The van der Waals surface area contributed by atoms with Crippen molar-refractivity contribution in [3.63, 3.8) is 0 Å². The van der Waals surface area contributed by atoms with Crippen LogP contribution in [0, 0.1) is 6.92 Å². The number of nitrogens with zero attached hydrogens (tertiary/aromatic N) is 3. The highest BCUT2D eigenvalue weighted by atomic mass is 14.9. The van der Waals surface area contributed by atoms with E-state index < -0.39 is 0 Å². The lowest BCUT2D eigenvalue weighted by Crippen LogP contribution is -1.83. The minimum atomic E-state index is 0.792. The number of rotatable bonds is 2. The van der Waals surface area contributed by atoms with E-state index in [1.54, 1.807) is 12.4 Å². The largest absolute Gasteiger partial charge is 0.253 e. The topological polar surface area (TPSA) is 38.1 Å². The molecule has 3 heteroatoms. The molecule has 0 aliphatic heterocycles. The summed E-state index contributed by atoms with van der Waals surface area (Å²) in [5.41, 5.74) is 2.58. The molecule has 1 heterocycles. The number of aliphatic imine (C=N–C) groups is 1. The average Bonchev–Trinajstić information content (AvgIpc) is 2.03. The summed E-state index contributed by atoms with van der Waals surface area (Å²) >= 11 is 0. The Morgan fingerprint density at radius 3 is 3.00 bits per heavy atom. The van der Waals surface area contributed by atoms with E-state index in [0.717, 1.165) is 17.0 Å². The lowest BCUT2D eigenvalue weighted by atomic mass is 10.3. The molecule has 0 radical (unpaired) electrons. The van der Waals surface area contributed by atoms with Gasteiger partial charge in [-0.25, -0.2) is 9.97 Å². The Morgan fingerprint density at radius 2 is 2.42 bits per heavy atom. The molecule has 1 aromatic heterocycles. The Bertz CT molecular complexity index is 315. The van der Waals surface area contributed by atoms with Crippen LogP contribution in [0.3, 0.4) is 0 Å². The Labute approximate surface area is 71.9 Å². The molecule has 0 spiro atoms. The van der Waals surface area contributed by atoms with E-state index in [-0.39, 0.29) is 0 Å². The van der Waals surface area contributed by atoms with E-state index >= 15 is 0 Å². The molecule has 0 N–H and O–H groups in total. The van der Waals surface area contributed by atoms with Gasteiger partial charge in [-0.05, 0) is 19.4 Å². The van der Waals surface area contributed by atoms with E-state index in [2.05, 4.69) is 21.5 Å². The predicted molar refractivity (Wildman–Crippen MR) is 49.7 cm³/mol. The van der Waals surface area contributed by atoms with Crippen LogP contribution in [0.25, 0.3) is 0 Å². The molecule has 0 aliphatic rings. The second-order valence-corrected chi connectivity index (χ2v) is 2.60. The molecular weight excluding hydrogens is 150 g/mol. The second kappa shape index (κ2) is 3.76. The minimum Gasteiger partial charge on any atom is -0.253 e. The van der Waals surface area contributed by atoms with Gasteiger partial charge in [0.1, 0.15) is 12.0 Å². The van der Waals surface area contributed by atoms with Crippen molar-refractivity contribution in [2.75, 3.05) is 0 Å². The van der Waals surface area contributed by atoms with Crippen LogP contribution in [-0.2, 0) is 0 Å². The van der Waals surface area contributed by atoms with E-state index in [1.807, 2.05) is 13.8 Å². The summed E-state index contributed by atoms with van der Waals surface area (Å²) in [5, 5.41) is 0. The smallest absolute Gasteiger partial charge is 0.115 e. The summed E-state index contributed by atoms with van der Waals surface area (Å²) in [6.07, 6.45) is 4.89. The first-order chi connectivity index (χ1) is 5.70. The van der Waals surface area contributed by atoms with Gasteiger partial charge in [0.2, 0.25) is 0 Å². The third-order valence-electron chi connectivity index (χ3n) is 1.31. The van der Waals surface area contributed by atoms with Gasteiger partial charge in [-0.2, -0.15) is 0 Å². The Balaban J connectivity index is 2.89. The van der Waals surface area contributed by atoms with Crippen LogP contribution in [0.2, 0.25) is 0 Å². The standard InChI is InChI=1S/C9H11N3/c1-7(2)4-11-9-5-10-6-12-8(9)3/h4-6H,1H2,2-3H3. The molecular formula is C9H11N3. The van der Waals surface area contributed by atoms with Gasteiger partial charge in [0.05, 0.1) is 11.9 Å². The molecule has 62 valence electrons. The molecule has 0 bridgehead atoms. The van der Waals surface area contributed by atoms with Gasteiger partial charge in [-0.15, -0.1) is 0 Å². The summed E-state index contributed by atoms with van der Waals surface area (Å²) in [6.45, 7) is 7.50. The molecule has 0 unspecified atom stereocenters. The lowest BCUT2D eigenvalue weighted by molar-refractivity contribution is 1.09. The van der Waals surface area contributed by atoms with Crippen molar-refractivity contribution in [3.05, 3.63) is 30.4 Å². The van der Waals surface area contributed by atoms with E-state index in [4.69, 9.17) is 0 Å². The number of hydrogen-bond acceptors (Lipinski definition) is 3. The first-order valence-corrected chi connectivity index (χ1v) is 3.66. The maximum Gasteiger partial charge on any atom is 0.115 e. The molecule has 0 atom stereocenters. The molecule has 0 aliphatic carbocycles. The average molecular weight is 161 g/mol. The van der Waals surface area contributed by atoms with Crippen molar-refractivity contribution in [1.29, 1.82) is 0 Å². The van der Waals surface area contributed by atoms with E-state index in [1.165, 1.54) is 6.33 Å². The third kappa shape index (κ3) is 2.27. The third-order valence-corrected chi connectivity index (χ3v) is 1.31. The molecule has 0 saturated heterocycles. The van der Waals surface area contributed by atoms with Gasteiger partial charge in [0.25, 0.3) is 0 Å². The van der Waals surface area contributed by atoms with Crippen LogP contribution >= 0.6 is 0 Å². The summed E-state index contributed by atoms with van der Waals surface area (Å²) < 4.78 is 0. The fourth-order valence-corrected chi connectivity index (χ4v) is 0.690. The summed E-state index contributed by atoms with van der Waals surface area (Å²) in [5.74, 6) is 0. The normalized spacial score (nSPS) is 10.5. The van der Waals surface area contributed by atoms with Crippen LogP contribution in [-0.4, -0.2) is 16.2 Å². The van der Waals surface area contributed by atoms with Crippen molar-refractivity contribution in [3.8, 4) is 0 Å². The maximum absolute atomic E-state index is 4.16. The fraction of sp³-hybridized carbons (Fsp3) is 0.222. The summed E-state index contributed by atoms with van der Waals surface area (Å²) in [7, 11) is 0. The van der Waals surface area contributed by atoms with Gasteiger partial charge in [0, 0.05) is 6.21 Å². The molecule has 0 fully saturated rings. The minimum absolute atomic E-state index is 0.792. The molecule has 1 rings (SSSR count). The summed E-state index contributed by atoms with van der Waals surface area (Å²) in [6, 6.07) is 0. The predicted octanol–water partition coefficient (Wildman–Crippen LogP) is 2.06. The molecule has 0 amide bonds. The van der Waals surface area contributed by atoms with Crippen molar-refractivity contribution >= 4 is 11.9 Å². The molecule has 0 aromatic carbocycles. The molecule has 1 aromatic rings. The van der Waals surface area contributed by atoms with Gasteiger partial charge < -0.3 is 0 Å². The zero-order chi connectivity index (χ0) is 8.97. The SMILES string of the molecule is C=C(C)C=Nc1cncnc1C. The van der Waals surface area contributed by atoms with Crippen LogP contribution < -0.4 is 0 Å². The number of aryl methyl sites for hydroxylation is 1. The number of hydrogen-bond donors (Lipinski definition) is 0. The van der Waals surface area contributed by atoms with Crippen LogP contribution in [0.4, 0.5) is 5.69 Å². The van der Waals surface area contributed by atoms with Crippen LogP contribution in [0.5, 0.6) is 0 Å². The molecule has 3 nitrogen and oxygen atoms in total. The maximum atomic E-state index is 4.16.